The minimum Gasteiger partial charge on any atom is -0.493 e. The van der Waals surface area contributed by atoms with Gasteiger partial charge in [0, 0.05) is 30.1 Å². The molecule has 1 unspecified atom stereocenters. The van der Waals surface area contributed by atoms with E-state index in [-0.39, 0.29) is 12.4 Å². The molecule has 1 atom stereocenters. The molecule has 25 heavy (non-hydrogen) atoms. The quantitative estimate of drug-likeness (QED) is 0.747. The van der Waals surface area contributed by atoms with Crippen molar-refractivity contribution in [2.75, 3.05) is 19.7 Å². The monoisotopic (exact) mass is 359 g/mol. The Morgan fingerprint density at radius 3 is 3.04 bits per heavy atom. The number of fused-ring (bicyclic) bond motifs is 1. The Morgan fingerprint density at radius 2 is 2.16 bits per heavy atom. The van der Waals surface area contributed by atoms with Crippen LogP contribution in [0, 0.1) is 0 Å². The zero-order valence-corrected chi connectivity index (χ0v) is 14.3. The van der Waals surface area contributed by atoms with E-state index in [4.69, 9.17) is 9.26 Å². The minimum atomic E-state index is 0. The standard InChI is InChI=1S/C17H17N5O2.ClH/c1-2-15-10(4-6-23-15)7-11(1)16-19-17(24-22-16)14-8-13(20-21-14)12-3-5-18-9-12;/h1-2,7-8,12,18H,3-6,9H2,(H,20,21);1H. The van der Waals surface area contributed by atoms with Crippen LogP contribution in [-0.4, -0.2) is 40.0 Å². The molecule has 5 rings (SSSR count). The number of benzene rings is 1. The van der Waals surface area contributed by atoms with Crippen molar-refractivity contribution in [2.24, 2.45) is 0 Å². The van der Waals surface area contributed by atoms with Gasteiger partial charge in [0.2, 0.25) is 5.82 Å². The van der Waals surface area contributed by atoms with Crippen molar-refractivity contribution in [1.82, 2.24) is 25.7 Å². The summed E-state index contributed by atoms with van der Waals surface area (Å²) in [5, 5.41) is 14.9. The van der Waals surface area contributed by atoms with Crippen LogP contribution in [0.4, 0.5) is 0 Å². The number of aromatic amines is 1. The van der Waals surface area contributed by atoms with Crippen LogP contribution in [0.1, 0.15) is 23.6 Å². The summed E-state index contributed by atoms with van der Waals surface area (Å²) in [6.07, 6.45) is 2.04. The highest BCUT2D eigenvalue weighted by atomic mass is 35.5. The molecule has 7 nitrogen and oxygen atoms in total. The summed E-state index contributed by atoms with van der Waals surface area (Å²) in [7, 11) is 0. The molecule has 4 heterocycles. The maximum atomic E-state index is 5.53. The molecule has 0 saturated carbocycles. The number of nitrogens with one attached hydrogen (secondary N) is 2. The maximum absolute atomic E-state index is 5.53. The summed E-state index contributed by atoms with van der Waals surface area (Å²) in [6, 6.07) is 8.00. The van der Waals surface area contributed by atoms with Gasteiger partial charge in [0.15, 0.2) is 5.69 Å². The molecule has 0 spiro atoms. The Balaban J connectivity index is 0.00000157. The fourth-order valence-corrected chi connectivity index (χ4v) is 3.35. The van der Waals surface area contributed by atoms with E-state index in [9.17, 15) is 0 Å². The van der Waals surface area contributed by atoms with Crippen molar-refractivity contribution >= 4 is 12.4 Å². The van der Waals surface area contributed by atoms with Gasteiger partial charge in [0.25, 0.3) is 5.89 Å². The number of aromatic nitrogens is 4. The summed E-state index contributed by atoms with van der Waals surface area (Å²) in [5.41, 5.74) is 3.93. The lowest BCUT2D eigenvalue weighted by atomic mass is 10.1. The lowest BCUT2D eigenvalue weighted by Crippen LogP contribution is -2.08. The predicted octanol–water partition coefficient (Wildman–Crippen LogP) is 2.56. The lowest BCUT2D eigenvalue weighted by Gasteiger charge is -2.02. The van der Waals surface area contributed by atoms with Gasteiger partial charge in [-0.3, -0.25) is 5.10 Å². The van der Waals surface area contributed by atoms with Gasteiger partial charge in [-0.05, 0) is 42.8 Å². The van der Waals surface area contributed by atoms with Crippen molar-refractivity contribution in [2.45, 2.75) is 18.8 Å². The highest BCUT2D eigenvalue weighted by molar-refractivity contribution is 5.85. The Kier molecular flexibility index (Phi) is 4.19. The molecule has 3 aromatic rings. The number of halogens is 1. The van der Waals surface area contributed by atoms with Crippen LogP contribution in [0.3, 0.4) is 0 Å². The molecule has 0 aliphatic carbocycles. The zero-order valence-electron chi connectivity index (χ0n) is 13.5. The van der Waals surface area contributed by atoms with Crippen molar-refractivity contribution in [3.05, 3.63) is 35.5 Å². The lowest BCUT2D eigenvalue weighted by molar-refractivity contribution is 0.357. The second kappa shape index (κ2) is 6.50. The van der Waals surface area contributed by atoms with Crippen molar-refractivity contribution < 1.29 is 9.26 Å². The van der Waals surface area contributed by atoms with Crippen molar-refractivity contribution in [3.8, 4) is 28.7 Å². The Hall–Kier alpha value is -2.38. The SMILES string of the molecule is Cl.c1cc2c(cc1-c1noc(-c3cc(C4CCNC4)[nH]n3)n1)CCO2. The first-order valence-corrected chi connectivity index (χ1v) is 8.23. The van der Waals surface area contributed by atoms with Gasteiger partial charge >= 0.3 is 0 Å². The van der Waals surface area contributed by atoms with Gasteiger partial charge in [-0.1, -0.05) is 5.16 Å². The van der Waals surface area contributed by atoms with Crippen molar-refractivity contribution in [3.63, 3.8) is 0 Å². The van der Waals surface area contributed by atoms with Crippen LogP contribution in [0.25, 0.3) is 23.0 Å². The van der Waals surface area contributed by atoms with Gasteiger partial charge in [-0.25, -0.2) is 0 Å². The molecule has 1 fully saturated rings. The Labute approximate surface area is 150 Å². The molecular formula is C17H18ClN5O2. The zero-order chi connectivity index (χ0) is 15.9. The van der Waals surface area contributed by atoms with E-state index in [1.165, 1.54) is 5.56 Å². The number of H-pyrrole nitrogens is 1. The number of hydrogen-bond donors (Lipinski definition) is 2. The van der Waals surface area contributed by atoms with E-state index >= 15 is 0 Å². The molecule has 8 heteroatoms. The average molecular weight is 360 g/mol. The third-order valence-corrected chi connectivity index (χ3v) is 4.69. The predicted molar refractivity (Wildman–Crippen MR) is 94.0 cm³/mol. The van der Waals surface area contributed by atoms with Crippen LogP contribution in [0.5, 0.6) is 5.75 Å². The number of rotatable bonds is 3. The average Bonchev–Trinajstić information content (AvgIpc) is 3.41. The van der Waals surface area contributed by atoms with E-state index in [2.05, 4.69) is 31.7 Å². The van der Waals surface area contributed by atoms with Crippen LogP contribution in [0.2, 0.25) is 0 Å². The highest BCUT2D eigenvalue weighted by Crippen LogP contribution is 2.30. The van der Waals surface area contributed by atoms with Crippen molar-refractivity contribution in [1.29, 1.82) is 0 Å². The van der Waals surface area contributed by atoms with Gasteiger partial charge in [0.05, 0.1) is 6.61 Å². The second-order valence-corrected chi connectivity index (χ2v) is 6.24. The van der Waals surface area contributed by atoms with E-state index in [1.807, 2.05) is 18.2 Å². The van der Waals surface area contributed by atoms with Crippen LogP contribution >= 0.6 is 12.4 Å². The Morgan fingerprint density at radius 1 is 1.20 bits per heavy atom. The number of hydrogen-bond acceptors (Lipinski definition) is 6. The molecule has 0 radical (unpaired) electrons. The third-order valence-electron chi connectivity index (χ3n) is 4.69. The molecule has 2 aliphatic heterocycles. The summed E-state index contributed by atoms with van der Waals surface area (Å²) in [4.78, 5) is 4.50. The molecule has 1 aromatic carbocycles. The van der Waals surface area contributed by atoms with Gasteiger partial charge in [-0.2, -0.15) is 10.1 Å². The summed E-state index contributed by atoms with van der Waals surface area (Å²) < 4.78 is 10.9. The van der Waals surface area contributed by atoms with Gasteiger partial charge < -0.3 is 14.6 Å². The first-order chi connectivity index (χ1) is 11.9. The normalized spacial score (nSPS) is 18.6. The molecule has 130 valence electrons. The van der Waals surface area contributed by atoms with E-state index < -0.39 is 0 Å². The number of ether oxygens (including phenoxy) is 1. The van der Waals surface area contributed by atoms with E-state index in [0.717, 1.165) is 49.5 Å². The summed E-state index contributed by atoms with van der Waals surface area (Å²) in [6.45, 7) is 2.77. The molecule has 1 saturated heterocycles. The highest BCUT2D eigenvalue weighted by Gasteiger charge is 2.21. The smallest absolute Gasteiger partial charge is 0.278 e. The molecule has 0 bridgehead atoms. The first-order valence-electron chi connectivity index (χ1n) is 8.23. The van der Waals surface area contributed by atoms with Crippen LogP contribution < -0.4 is 10.1 Å². The maximum Gasteiger partial charge on any atom is 0.278 e. The van der Waals surface area contributed by atoms with Crippen LogP contribution in [0.15, 0.2) is 28.8 Å². The molecular weight excluding hydrogens is 342 g/mol. The third kappa shape index (κ3) is 2.89. The second-order valence-electron chi connectivity index (χ2n) is 6.24. The fourth-order valence-electron chi connectivity index (χ4n) is 3.35. The molecule has 2 N–H and O–H groups in total. The molecule has 2 aromatic heterocycles. The van der Waals surface area contributed by atoms with E-state index in [0.29, 0.717) is 23.3 Å². The number of nitrogens with zero attached hydrogens (tertiary/aromatic N) is 3. The van der Waals surface area contributed by atoms with E-state index in [1.54, 1.807) is 0 Å². The largest absolute Gasteiger partial charge is 0.493 e. The van der Waals surface area contributed by atoms with Gasteiger partial charge in [0.1, 0.15) is 5.75 Å². The molecule has 0 amide bonds. The Bertz CT molecular complexity index is 885. The van der Waals surface area contributed by atoms with Crippen LogP contribution in [-0.2, 0) is 6.42 Å². The minimum absolute atomic E-state index is 0. The topological polar surface area (TPSA) is 88.9 Å². The molecule has 2 aliphatic rings. The van der Waals surface area contributed by atoms with Gasteiger partial charge in [-0.15, -0.1) is 12.4 Å². The fraction of sp³-hybridized carbons (Fsp3) is 0.353. The first kappa shape index (κ1) is 16.1. The summed E-state index contributed by atoms with van der Waals surface area (Å²) in [5.74, 6) is 2.44. The summed E-state index contributed by atoms with van der Waals surface area (Å²) >= 11 is 0.